The highest BCUT2D eigenvalue weighted by atomic mass is 16.5. The Labute approximate surface area is 94.4 Å². The first kappa shape index (κ1) is 14.6. The number of ether oxygens (including phenoxy) is 1. The van der Waals surface area contributed by atoms with E-state index in [0.29, 0.717) is 24.7 Å². The van der Waals surface area contributed by atoms with Crippen molar-refractivity contribution in [2.75, 3.05) is 6.61 Å². The van der Waals surface area contributed by atoms with Gasteiger partial charge >= 0.3 is 0 Å². The van der Waals surface area contributed by atoms with Crippen molar-refractivity contribution in [1.29, 1.82) is 0 Å². The minimum Gasteiger partial charge on any atom is -0.379 e. The van der Waals surface area contributed by atoms with Gasteiger partial charge in [-0.2, -0.15) is 0 Å². The number of ketones is 1. The van der Waals surface area contributed by atoms with Crippen LogP contribution >= 0.6 is 0 Å². The van der Waals surface area contributed by atoms with Crippen molar-refractivity contribution in [3.05, 3.63) is 0 Å². The SMILES string of the molecule is CC(C)OCCCCC(=O)CC(C)(C)C. The molecule has 0 aliphatic heterocycles. The Balaban J connectivity index is 3.40. The lowest BCUT2D eigenvalue weighted by Crippen LogP contribution is -2.13. The molecular weight excluding hydrogens is 188 g/mol. The van der Waals surface area contributed by atoms with E-state index in [2.05, 4.69) is 20.8 Å². The molecule has 0 aromatic heterocycles. The first-order chi connectivity index (χ1) is 6.81. The maximum Gasteiger partial charge on any atom is 0.133 e. The van der Waals surface area contributed by atoms with Gasteiger partial charge in [-0.15, -0.1) is 0 Å². The van der Waals surface area contributed by atoms with Gasteiger partial charge in [0.05, 0.1) is 6.10 Å². The molecule has 0 aliphatic rings. The lowest BCUT2D eigenvalue weighted by Gasteiger charge is -2.16. The van der Waals surface area contributed by atoms with Crippen LogP contribution in [0.25, 0.3) is 0 Å². The summed E-state index contributed by atoms with van der Waals surface area (Å²) >= 11 is 0. The standard InChI is InChI=1S/C13H26O2/c1-11(2)15-9-7-6-8-12(14)10-13(3,4)5/h11H,6-10H2,1-5H3. The monoisotopic (exact) mass is 214 g/mol. The molecule has 2 nitrogen and oxygen atoms in total. The van der Waals surface area contributed by atoms with E-state index >= 15 is 0 Å². The molecule has 0 bridgehead atoms. The molecule has 2 heteroatoms. The van der Waals surface area contributed by atoms with E-state index < -0.39 is 0 Å². The zero-order valence-corrected chi connectivity index (χ0v) is 10.9. The van der Waals surface area contributed by atoms with E-state index in [1.54, 1.807) is 0 Å². The third-order valence-corrected chi connectivity index (χ3v) is 2.03. The van der Waals surface area contributed by atoms with Gasteiger partial charge in [0.25, 0.3) is 0 Å². The third kappa shape index (κ3) is 11.6. The molecule has 0 saturated heterocycles. The minimum atomic E-state index is 0.130. The van der Waals surface area contributed by atoms with Crippen LogP contribution in [-0.2, 0) is 9.53 Å². The summed E-state index contributed by atoms with van der Waals surface area (Å²) in [6.45, 7) is 11.2. The van der Waals surface area contributed by atoms with Crippen LogP contribution in [0.3, 0.4) is 0 Å². The van der Waals surface area contributed by atoms with Crippen LogP contribution in [0.4, 0.5) is 0 Å². The minimum absolute atomic E-state index is 0.130. The fourth-order valence-electron chi connectivity index (χ4n) is 1.42. The Bertz CT molecular complexity index is 177. The predicted octanol–water partition coefficient (Wildman–Crippen LogP) is 3.59. The number of carbonyl (C=O) groups is 1. The second-order valence-electron chi connectivity index (χ2n) is 5.65. The summed E-state index contributed by atoms with van der Waals surface area (Å²) in [5.41, 5.74) is 0.130. The van der Waals surface area contributed by atoms with Crippen LogP contribution in [0, 0.1) is 5.41 Å². The van der Waals surface area contributed by atoms with Crippen LogP contribution in [0.5, 0.6) is 0 Å². The predicted molar refractivity (Wildman–Crippen MR) is 64.0 cm³/mol. The molecule has 0 fully saturated rings. The maximum atomic E-state index is 11.5. The highest BCUT2D eigenvalue weighted by Gasteiger charge is 2.15. The average molecular weight is 214 g/mol. The quantitative estimate of drug-likeness (QED) is 0.605. The molecule has 90 valence electrons. The molecule has 0 aromatic rings. The molecule has 15 heavy (non-hydrogen) atoms. The van der Waals surface area contributed by atoms with Crippen molar-refractivity contribution in [2.45, 2.75) is 66.4 Å². The van der Waals surface area contributed by atoms with Crippen LogP contribution in [0.2, 0.25) is 0 Å². The molecule has 0 saturated carbocycles. The number of unbranched alkanes of at least 4 members (excludes halogenated alkanes) is 1. The number of Topliss-reactive ketones (excluding diaryl/α,β-unsaturated/α-hetero) is 1. The summed E-state index contributed by atoms with van der Waals surface area (Å²) in [6.07, 6.45) is 3.65. The van der Waals surface area contributed by atoms with Crippen LogP contribution < -0.4 is 0 Å². The number of hydrogen-bond acceptors (Lipinski definition) is 2. The molecule has 0 atom stereocenters. The Morgan fingerprint density at radius 3 is 2.27 bits per heavy atom. The van der Waals surface area contributed by atoms with E-state index in [-0.39, 0.29) is 5.41 Å². The van der Waals surface area contributed by atoms with E-state index in [0.717, 1.165) is 19.4 Å². The zero-order chi connectivity index (χ0) is 11.9. The Kier molecular flexibility index (Phi) is 6.82. The first-order valence-electron chi connectivity index (χ1n) is 5.94. The van der Waals surface area contributed by atoms with Gasteiger partial charge in [0.1, 0.15) is 5.78 Å². The van der Waals surface area contributed by atoms with Gasteiger partial charge in [-0.1, -0.05) is 20.8 Å². The molecule has 0 aliphatic carbocycles. The van der Waals surface area contributed by atoms with Crippen molar-refractivity contribution in [1.82, 2.24) is 0 Å². The van der Waals surface area contributed by atoms with Gasteiger partial charge in [-0.05, 0) is 32.1 Å². The van der Waals surface area contributed by atoms with E-state index in [1.807, 2.05) is 13.8 Å². The summed E-state index contributed by atoms with van der Waals surface area (Å²) in [5.74, 6) is 0.382. The Morgan fingerprint density at radius 1 is 1.20 bits per heavy atom. The van der Waals surface area contributed by atoms with Gasteiger partial charge in [-0.25, -0.2) is 0 Å². The summed E-state index contributed by atoms with van der Waals surface area (Å²) in [4.78, 5) is 11.5. The molecule has 0 amide bonds. The summed E-state index contributed by atoms with van der Waals surface area (Å²) in [5, 5.41) is 0. The average Bonchev–Trinajstić information content (AvgIpc) is 1.99. The number of carbonyl (C=O) groups excluding carboxylic acids is 1. The largest absolute Gasteiger partial charge is 0.379 e. The van der Waals surface area contributed by atoms with E-state index in [4.69, 9.17) is 4.74 Å². The summed E-state index contributed by atoms with van der Waals surface area (Å²) in [6, 6.07) is 0. The molecule has 0 rings (SSSR count). The van der Waals surface area contributed by atoms with Gasteiger partial charge in [-0.3, -0.25) is 4.79 Å². The van der Waals surface area contributed by atoms with Crippen molar-refractivity contribution in [2.24, 2.45) is 5.41 Å². The number of rotatable bonds is 7. The maximum absolute atomic E-state index is 11.5. The Morgan fingerprint density at radius 2 is 1.80 bits per heavy atom. The molecule has 0 heterocycles. The van der Waals surface area contributed by atoms with Crippen LogP contribution in [0.1, 0.15) is 60.3 Å². The van der Waals surface area contributed by atoms with Gasteiger partial charge in [0, 0.05) is 19.4 Å². The van der Waals surface area contributed by atoms with Gasteiger partial charge < -0.3 is 4.74 Å². The molecule has 0 radical (unpaired) electrons. The lowest BCUT2D eigenvalue weighted by molar-refractivity contribution is -0.120. The fraction of sp³-hybridized carbons (Fsp3) is 0.923. The second-order valence-corrected chi connectivity index (χ2v) is 5.65. The van der Waals surface area contributed by atoms with Crippen LogP contribution in [0.15, 0.2) is 0 Å². The molecule has 0 unspecified atom stereocenters. The van der Waals surface area contributed by atoms with Crippen molar-refractivity contribution in [3.63, 3.8) is 0 Å². The van der Waals surface area contributed by atoms with Gasteiger partial charge in [0.2, 0.25) is 0 Å². The van der Waals surface area contributed by atoms with E-state index in [9.17, 15) is 4.79 Å². The lowest BCUT2D eigenvalue weighted by atomic mass is 9.88. The zero-order valence-electron chi connectivity index (χ0n) is 10.9. The molecule has 0 aromatic carbocycles. The molecule has 0 N–H and O–H groups in total. The van der Waals surface area contributed by atoms with Gasteiger partial charge in [0.15, 0.2) is 0 Å². The normalized spacial score (nSPS) is 12.1. The van der Waals surface area contributed by atoms with Crippen molar-refractivity contribution >= 4 is 5.78 Å². The smallest absolute Gasteiger partial charge is 0.133 e. The highest BCUT2D eigenvalue weighted by Crippen LogP contribution is 2.20. The molecule has 0 spiro atoms. The summed E-state index contributed by atoms with van der Waals surface area (Å²) in [7, 11) is 0. The van der Waals surface area contributed by atoms with Crippen molar-refractivity contribution in [3.8, 4) is 0 Å². The number of hydrogen-bond donors (Lipinski definition) is 0. The second kappa shape index (κ2) is 7.00. The topological polar surface area (TPSA) is 26.3 Å². The third-order valence-electron chi connectivity index (χ3n) is 2.03. The van der Waals surface area contributed by atoms with Crippen LogP contribution in [-0.4, -0.2) is 18.5 Å². The van der Waals surface area contributed by atoms with E-state index in [1.165, 1.54) is 0 Å². The molecular formula is C13H26O2. The highest BCUT2D eigenvalue weighted by molar-refractivity contribution is 5.78. The fourth-order valence-corrected chi connectivity index (χ4v) is 1.42. The Hall–Kier alpha value is -0.370. The first-order valence-corrected chi connectivity index (χ1v) is 5.94. The van der Waals surface area contributed by atoms with Crippen molar-refractivity contribution < 1.29 is 9.53 Å². The summed E-state index contributed by atoms with van der Waals surface area (Å²) < 4.78 is 5.41.